The molecular weight excluding hydrogens is 296 g/mol. The summed E-state index contributed by atoms with van der Waals surface area (Å²) in [6.45, 7) is 8.80. The molecule has 1 aromatic heterocycles. The maximum absolute atomic E-state index is 12.4. The van der Waals surface area contributed by atoms with E-state index < -0.39 is 0 Å². The first-order valence-electron chi connectivity index (χ1n) is 8.15. The molecule has 0 aromatic carbocycles. The van der Waals surface area contributed by atoms with Crippen LogP contribution >= 0.6 is 0 Å². The summed E-state index contributed by atoms with van der Waals surface area (Å²) in [5.41, 5.74) is 6.01. The number of nitrogens with two attached hydrogens (primary N) is 1. The normalized spacial score (nSPS) is 15.3. The van der Waals surface area contributed by atoms with Gasteiger partial charge in [0.15, 0.2) is 0 Å². The summed E-state index contributed by atoms with van der Waals surface area (Å²) in [4.78, 5) is 30.3. The molecule has 2 heterocycles. The molecule has 0 spiro atoms. The van der Waals surface area contributed by atoms with Crippen molar-refractivity contribution in [3.63, 3.8) is 0 Å². The fraction of sp³-hybridized carbons (Fsp3) is 0.625. The predicted molar refractivity (Wildman–Crippen MR) is 86.9 cm³/mol. The zero-order chi connectivity index (χ0) is 16.8. The van der Waals surface area contributed by atoms with Gasteiger partial charge in [-0.1, -0.05) is 13.8 Å². The van der Waals surface area contributed by atoms with Gasteiger partial charge in [0.1, 0.15) is 12.0 Å². The maximum Gasteiger partial charge on any atom is 0.257 e. The van der Waals surface area contributed by atoms with Crippen molar-refractivity contribution in [2.24, 2.45) is 5.73 Å². The van der Waals surface area contributed by atoms with E-state index in [-0.39, 0.29) is 18.4 Å². The summed E-state index contributed by atoms with van der Waals surface area (Å²) >= 11 is 0. The standard InChI is InChI=1S/C16H26N4O3/c1-3-18(4-2)11-15(21)19-5-7-20(8-6-19)16(22)13-9-14(10-17)23-12-13/h9,12H,3-8,10-11,17H2,1-2H3. The molecule has 1 aliphatic rings. The molecule has 0 aliphatic carbocycles. The summed E-state index contributed by atoms with van der Waals surface area (Å²) in [6, 6.07) is 1.68. The molecule has 1 aromatic rings. The Morgan fingerprint density at radius 1 is 1.17 bits per heavy atom. The fourth-order valence-corrected chi connectivity index (χ4v) is 2.68. The number of hydrogen-bond acceptors (Lipinski definition) is 5. The molecule has 1 aliphatic heterocycles. The van der Waals surface area contributed by atoms with Gasteiger partial charge < -0.3 is 20.0 Å². The topological polar surface area (TPSA) is 83.0 Å². The summed E-state index contributed by atoms with van der Waals surface area (Å²) in [6.07, 6.45) is 1.45. The SMILES string of the molecule is CCN(CC)CC(=O)N1CCN(C(=O)c2coc(CN)c2)CC1. The van der Waals surface area contributed by atoms with E-state index in [2.05, 4.69) is 4.90 Å². The van der Waals surface area contributed by atoms with Crippen molar-refractivity contribution in [2.45, 2.75) is 20.4 Å². The van der Waals surface area contributed by atoms with E-state index in [0.717, 1.165) is 13.1 Å². The molecule has 0 unspecified atom stereocenters. The highest BCUT2D eigenvalue weighted by Crippen LogP contribution is 2.12. The highest BCUT2D eigenvalue weighted by Gasteiger charge is 2.26. The second kappa shape index (κ2) is 8.12. The van der Waals surface area contributed by atoms with Crippen molar-refractivity contribution < 1.29 is 14.0 Å². The van der Waals surface area contributed by atoms with E-state index in [1.807, 2.05) is 18.7 Å². The maximum atomic E-state index is 12.4. The lowest BCUT2D eigenvalue weighted by Gasteiger charge is -2.35. The van der Waals surface area contributed by atoms with E-state index in [9.17, 15) is 9.59 Å². The molecule has 0 saturated carbocycles. The lowest BCUT2D eigenvalue weighted by molar-refractivity contribution is -0.133. The van der Waals surface area contributed by atoms with E-state index >= 15 is 0 Å². The number of hydrogen-bond donors (Lipinski definition) is 1. The van der Waals surface area contributed by atoms with Crippen LogP contribution in [0.4, 0.5) is 0 Å². The minimum absolute atomic E-state index is 0.0655. The van der Waals surface area contributed by atoms with E-state index in [1.165, 1.54) is 6.26 Å². The molecule has 0 radical (unpaired) electrons. The van der Waals surface area contributed by atoms with Gasteiger partial charge in [-0.05, 0) is 19.2 Å². The second-order valence-electron chi connectivity index (χ2n) is 5.64. The number of likely N-dealkylation sites (N-methyl/N-ethyl adjacent to an activating group) is 1. The average Bonchev–Trinajstić information content (AvgIpc) is 3.08. The third kappa shape index (κ3) is 4.33. The van der Waals surface area contributed by atoms with Gasteiger partial charge in [-0.15, -0.1) is 0 Å². The molecule has 2 amide bonds. The number of piperazine rings is 1. The Bertz CT molecular complexity index is 531. The van der Waals surface area contributed by atoms with Gasteiger partial charge in [-0.2, -0.15) is 0 Å². The quantitative estimate of drug-likeness (QED) is 0.818. The van der Waals surface area contributed by atoms with Crippen molar-refractivity contribution in [1.82, 2.24) is 14.7 Å². The predicted octanol–water partition coefficient (Wildman–Crippen LogP) is 0.365. The van der Waals surface area contributed by atoms with Crippen LogP contribution in [0.1, 0.15) is 30.0 Å². The highest BCUT2D eigenvalue weighted by atomic mass is 16.3. The third-order valence-electron chi connectivity index (χ3n) is 4.27. The van der Waals surface area contributed by atoms with Gasteiger partial charge in [0.05, 0.1) is 18.7 Å². The van der Waals surface area contributed by atoms with Gasteiger partial charge in [-0.3, -0.25) is 14.5 Å². The molecule has 2 N–H and O–H groups in total. The zero-order valence-corrected chi connectivity index (χ0v) is 14.0. The van der Waals surface area contributed by atoms with E-state index in [1.54, 1.807) is 11.0 Å². The van der Waals surface area contributed by atoms with Gasteiger partial charge in [-0.25, -0.2) is 0 Å². The summed E-state index contributed by atoms with van der Waals surface area (Å²) in [5, 5.41) is 0. The van der Waals surface area contributed by atoms with Crippen molar-refractivity contribution in [3.05, 3.63) is 23.7 Å². The van der Waals surface area contributed by atoms with Crippen molar-refractivity contribution >= 4 is 11.8 Å². The van der Waals surface area contributed by atoms with Gasteiger partial charge >= 0.3 is 0 Å². The minimum Gasteiger partial charge on any atom is -0.467 e. The van der Waals surface area contributed by atoms with Crippen LogP contribution in [0.3, 0.4) is 0 Å². The van der Waals surface area contributed by atoms with Crippen molar-refractivity contribution in [2.75, 3.05) is 45.8 Å². The van der Waals surface area contributed by atoms with Crippen LogP contribution in [0.2, 0.25) is 0 Å². The monoisotopic (exact) mass is 322 g/mol. The number of rotatable bonds is 6. The molecule has 128 valence electrons. The molecule has 7 nitrogen and oxygen atoms in total. The summed E-state index contributed by atoms with van der Waals surface area (Å²) in [7, 11) is 0. The average molecular weight is 322 g/mol. The molecule has 7 heteroatoms. The first-order valence-corrected chi connectivity index (χ1v) is 8.15. The van der Waals surface area contributed by atoms with E-state index in [4.69, 9.17) is 10.2 Å². The van der Waals surface area contributed by atoms with Crippen molar-refractivity contribution in [3.8, 4) is 0 Å². The molecule has 0 atom stereocenters. The first kappa shape index (κ1) is 17.5. The summed E-state index contributed by atoms with van der Waals surface area (Å²) < 4.78 is 5.21. The van der Waals surface area contributed by atoms with Crippen LogP contribution in [0.15, 0.2) is 16.7 Å². The molecule has 23 heavy (non-hydrogen) atoms. The van der Waals surface area contributed by atoms with Crippen LogP contribution in [-0.2, 0) is 11.3 Å². The largest absolute Gasteiger partial charge is 0.467 e. The molecule has 1 saturated heterocycles. The minimum atomic E-state index is -0.0655. The molecular formula is C16H26N4O3. The molecule has 2 rings (SSSR count). The number of amides is 2. The van der Waals surface area contributed by atoms with Crippen LogP contribution in [0, 0.1) is 0 Å². The Labute approximate surface area is 137 Å². The Morgan fingerprint density at radius 2 is 1.78 bits per heavy atom. The van der Waals surface area contributed by atoms with Crippen molar-refractivity contribution in [1.29, 1.82) is 0 Å². The van der Waals surface area contributed by atoms with Gasteiger partial charge in [0.2, 0.25) is 5.91 Å². The van der Waals surface area contributed by atoms with Gasteiger partial charge in [0.25, 0.3) is 5.91 Å². The smallest absolute Gasteiger partial charge is 0.257 e. The molecule has 1 fully saturated rings. The Hall–Kier alpha value is -1.86. The number of nitrogens with zero attached hydrogens (tertiary/aromatic N) is 3. The fourth-order valence-electron chi connectivity index (χ4n) is 2.68. The Balaban J connectivity index is 1.85. The van der Waals surface area contributed by atoms with Gasteiger partial charge in [0, 0.05) is 26.2 Å². The second-order valence-corrected chi connectivity index (χ2v) is 5.64. The molecule has 0 bridgehead atoms. The summed E-state index contributed by atoms with van der Waals surface area (Å²) in [5.74, 6) is 0.667. The number of furan rings is 1. The van der Waals surface area contributed by atoms with E-state index in [0.29, 0.717) is 44.0 Å². The lowest BCUT2D eigenvalue weighted by atomic mass is 10.2. The lowest BCUT2D eigenvalue weighted by Crippen LogP contribution is -2.52. The van der Waals surface area contributed by atoms with Crippen LogP contribution < -0.4 is 5.73 Å². The van der Waals surface area contributed by atoms with Crippen LogP contribution in [0.25, 0.3) is 0 Å². The zero-order valence-electron chi connectivity index (χ0n) is 14.0. The Kier molecular flexibility index (Phi) is 6.18. The third-order valence-corrected chi connectivity index (χ3v) is 4.27. The first-order chi connectivity index (χ1) is 11.1. The number of carbonyl (C=O) groups excluding carboxylic acids is 2. The Morgan fingerprint density at radius 3 is 2.30 bits per heavy atom. The van der Waals surface area contributed by atoms with Crippen LogP contribution in [-0.4, -0.2) is 72.3 Å². The highest BCUT2D eigenvalue weighted by molar-refractivity contribution is 5.94. The number of carbonyl (C=O) groups is 2. The van der Waals surface area contributed by atoms with Crippen LogP contribution in [0.5, 0.6) is 0 Å².